The fraction of sp³-hybridized carbons (Fsp3) is 0.100. The smallest absolute Gasteiger partial charge is 0.358 e. The van der Waals surface area contributed by atoms with Crippen molar-refractivity contribution in [2.24, 2.45) is 0 Å². The topological polar surface area (TPSA) is 94.0 Å². The van der Waals surface area contributed by atoms with Crippen LogP contribution in [0.3, 0.4) is 0 Å². The van der Waals surface area contributed by atoms with Crippen LogP contribution in [0, 0.1) is 6.92 Å². The van der Waals surface area contributed by atoms with Crippen LogP contribution in [0.25, 0.3) is 5.82 Å². The van der Waals surface area contributed by atoms with Crippen molar-refractivity contribution in [1.82, 2.24) is 14.8 Å². The average Bonchev–Trinajstić information content (AvgIpc) is 2.64. The van der Waals surface area contributed by atoms with Gasteiger partial charge in [-0.2, -0.15) is 5.10 Å². The molecule has 0 aromatic carbocycles. The molecule has 0 radical (unpaired) electrons. The lowest BCUT2D eigenvalue weighted by atomic mass is 10.4. The third-order valence-corrected chi connectivity index (χ3v) is 3.02. The first-order chi connectivity index (χ1) is 7.99. The largest absolute Gasteiger partial charge is 0.476 e. The van der Waals surface area contributed by atoms with Crippen LogP contribution in [0.4, 0.5) is 5.69 Å². The summed E-state index contributed by atoms with van der Waals surface area (Å²) in [5.41, 5.74) is 6.27. The van der Waals surface area contributed by atoms with Gasteiger partial charge in [0.2, 0.25) is 0 Å². The summed E-state index contributed by atoms with van der Waals surface area (Å²) in [4.78, 5) is 15.1. The molecule has 0 saturated heterocycles. The molecule has 7 heteroatoms. The number of halogens is 1. The summed E-state index contributed by atoms with van der Waals surface area (Å²) in [6, 6.07) is 3.53. The van der Waals surface area contributed by atoms with Crippen molar-refractivity contribution in [3.05, 3.63) is 34.2 Å². The van der Waals surface area contributed by atoms with Crippen molar-refractivity contribution in [1.29, 1.82) is 0 Å². The molecule has 0 aliphatic carbocycles. The Morgan fingerprint density at radius 1 is 1.53 bits per heavy atom. The van der Waals surface area contributed by atoms with Crippen LogP contribution < -0.4 is 5.73 Å². The molecule has 0 aliphatic rings. The third kappa shape index (κ3) is 2.14. The minimum absolute atomic E-state index is 0.111. The number of nitrogen functional groups attached to an aromatic ring is 1. The molecule has 17 heavy (non-hydrogen) atoms. The van der Waals surface area contributed by atoms with E-state index in [9.17, 15) is 4.79 Å². The lowest BCUT2D eigenvalue weighted by Gasteiger charge is -2.02. The number of hydrogen-bond acceptors (Lipinski definition) is 4. The molecule has 2 rings (SSSR count). The summed E-state index contributed by atoms with van der Waals surface area (Å²) in [6.07, 6.45) is 1.43. The Balaban J connectivity index is 2.50. The Bertz CT molecular complexity index is 594. The van der Waals surface area contributed by atoms with E-state index in [1.807, 2.05) is 13.0 Å². The van der Waals surface area contributed by atoms with Crippen molar-refractivity contribution >= 4 is 27.6 Å². The Morgan fingerprint density at radius 3 is 2.76 bits per heavy atom. The molecule has 2 aromatic rings. The van der Waals surface area contributed by atoms with E-state index in [1.54, 1.807) is 6.07 Å². The molecule has 0 saturated carbocycles. The highest BCUT2D eigenvalue weighted by molar-refractivity contribution is 9.10. The summed E-state index contributed by atoms with van der Waals surface area (Å²) >= 11 is 3.33. The maximum Gasteiger partial charge on any atom is 0.358 e. The zero-order chi connectivity index (χ0) is 12.6. The molecule has 0 bridgehead atoms. The van der Waals surface area contributed by atoms with E-state index >= 15 is 0 Å². The number of carbonyl (C=O) groups is 1. The van der Waals surface area contributed by atoms with Gasteiger partial charge < -0.3 is 10.8 Å². The zero-order valence-electron chi connectivity index (χ0n) is 8.88. The third-order valence-electron chi connectivity index (χ3n) is 2.19. The molecule has 0 atom stereocenters. The van der Waals surface area contributed by atoms with Crippen molar-refractivity contribution in [3.8, 4) is 5.82 Å². The van der Waals surface area contributed by atoms with Crippen LogP contribution >= 0.6 is 15.9 Å². The van der Waals surface area contributed by atoms with Crippen molar-refractivity contribution < 1.29 is 9.90 Å². The van der Waals surface area contributed by atoms with E-state index in [1.165, 1.54) is 10.9 Å². The first-order valence-corrected chi connectivity index (χ1v) is 5.50. The molecule has 3 N–H and O–H groups in total. The number of nitrogens with zero attached hydrogens (tertiary/aromatic N) is 3. The number of anilines is 1. The molecule has 2 aromatic heterocycles. The van der Waals surface area contributed by atoms with Gasteiger partial charge in [0.1, 0.15) is 0 Å². The Kier molecular flexibility index (Phi) is 2.84. The standard InChI is InChI=1S/C10H9BrN4O2/c1-5-6(11)2-3-8(13-5)15-4-7(12)9(14-15)10(16)17/h2-4H,12H2,1H3,(H,16,17). The second-order valence-electron chi connectivity index (χ2n) is 3.42. The van der Waals surface area contributed by atoms with Gasteiger partial charge in [-0.1, -0.05) is 0 Å². The van der Waals surface area contributed by atoms with Gasteiger partial charge in [-0.05, 0) is 35.0 Å². The SMILES string of the molecule is Cc1nc(-n2cc(N)c(C(=O)O)n2)ccc1Br. The maximum absolute atomic E-state index is 10.8. The molecule has 0 fully saturated rings. The number of nitrogens with two attached hydrogens (primary N) is 1. The average molecular weight is 297 g/mol. The van der Waals surface area contributed by atoms with E-state index in [0.717, 1.165) is 10.2 Å². The van der Waals surface area contributed by atoms with Gasteiger partial charge in [0.25, 0.3) is 0 Å². The molecule has 0 unspecified atom stereocenters. The highest BCUT2D eigenvalue weighted by Gasteiger charge is 2.14. The Hall–Kier alpha value is -1.89. The molecule has 6 nitrogen and oxygen atoms in total. The minimum Gasteiger partial charge on any atom is -0.476 e. The minimum atomic E-state index is -1.16. The number of rotatable bonds is 2. The second-order valence-corrected chi connectivity index (χ2v) is 4.27. The number of aryl methyl sites for hydroxylation is 1. The van der Waals surface area contributed by atoms with Crippen LogP contribution in [0.5, 0.6) is 0 Å². The zero-order valence-corrected chi connectivity index (χ0v) is 10.5. The summed E-state index contributed by atoms with van der Waals surface area (Å²) in [7, 11) is 0. The molecule has 2 heterocycles. The van der Waals surface area contributed by atoms with E-state index in [-0.39, 0.29) is 11.4 Å². The fourth-order valence-corrected chi connectivity index (χ4v) is 1.55. The van der Waals surface area contributed by atoms with Gasteiger partial charge in [0, 0.05) is 4.47 Å². The number of carboxylic acid groups (broad SMARTS) is 1. The first kappa shape index (κ1) is 11.6. The first-order valence-electron chi connectivity index (χ1n) is 4.71. The lowest BCUT2D eigenvalue weighted by molar-refractivity contribution is 0.0691. The van der Waals surface area contributed by atoms with E-state index < -0.39 is 5.97 Å². The second kappa shape index (κ2) is 4.17. The number of aromatic nitrogens is 3. The number of pyridine rings is 1. The lowest BCUT2D eigenvalue weighted by Crippen LogP contribution is -2.04. The van der Waals surface area contributed by atoms with Crippen molar-refractivity contribution in [2.75, 3.05) is 5.73 Å². The molecular weight excluding hydrogens is 288 g/mol. The van der Waals surface area contributed by atoms with Gasteiger partial charge in [-0.3, -0.25) is 0 Å². The number of hydrogen-bond donors (Lipinski definition) is 2. The molecular formula is C10H9BrN4O2. The van der Waals surface area contributed by atoms with Crippen molar-refractivity contribution in [3.63, 3.8) is 0 Å². The number of carboxylic acids is 1. The van der Waals surface area contributed by atoms with Crippen LogP contribution in [-0.2, 0) is 0 Å². The summed E-state index contributed by atoms with van der Waals surface area (Å²) in [6.45, 7) is 1.83. The van der Waals surface area contributed by atoms with Gasteiger partial charge in [0.05, 0.1) is 17.6 Å². The van der Waals surface area contributed by atoms with Gasteiger partial charge >= 0.3 is 5.97 Å². The van der Waals surface area contributed by atoms with Crippen molar-refractivity contribution in [2.45, 2.75) is 6.92 Å². The van der Waals surface area contributed by atoms with Gasteiger partial charge in [-0.25, -0.2) is 14.5 Å². The van der Waals surface area contributed by atoms with Crippen LogP contribution in [-0.4, -0.2) is 25.8 Å². The molecule has 0 aliphatic heterocycles. The highest BCUT2D eigenvalue weighted by atomic mass is 79.9. The van der Waals surface area contributed by atoms with Crippen LogP contribution in [0.15, 0.2) is 22.8 Å². The summed E-state index contributed by atoms with van der Waals surface area (Å²) in [5, 5.41) is 12.7. The predicted molar refractivity (Wildman–Crippen MR) is 65.2 cm³/mol. The fourth-order valence-electron chi connectivity index (χ4n) is 1.33. The van der Waals surface area contributed by atoms with Gasteiger partial charge in [-0.15, -0.1) is 0 Å². The molecule has 88 valence electrons. The van der Waals surface area contributed by atoms with E-state index in [4.69, 9.17) is 10.8 Å². The summed E-state index contributed by atoms with van der Waals surface area (Å²) < 4.78 is 2.22. The van der Waals surface area contributed by atoms with Crippen LogP contribution in [0.2, 0.25) is 0 Å². The van der Waals surface area contributed by atoms with E-state index in [2.05, 4.69) is 26.0 Å². The van der Waals surface area contributed by atoms with E-state index in [0.29, 0.717) is 5.82 Å². The molecule has 0 amide bonds. The monoisotopic (exact) mass is 296 g/mol. The highest BCUT2D eigenvalue weighted by Crippen LogP contribution is 2.17. The predicted octanol–water partition coefficient (Wildman–Crippen LogP) is 1.62. The maximum atomic E-state index is 10.8. The Labute approximate surface area is 105 Å². The normalized spacial score (nSPS) is 10.5. The summed E-state index contributed by atoms with van der Waals surface area (Å²) in [5.74, 6) is -0.639. The van der Waals surface area contributed by atoms with Gasteiger partial charge in [0.15, 0.2) is 11.5 Å². The van der Waals surface area contributed by atoms with Crippen LogP contribution in [0.1, 0.15) is 16.2 Å². The Morgan fingerprint density at radius 2 is 2.24 bits per heavy atom. The number of aromatic carboxylic acids is 1. The quantitative estimate of drug-likeness (QED) is 0.878. The molecule has 0 spiro atoms.